The first-order valence-corrected chi connectivity index (χ1v) is 8.12. The van der Waals surface area contributed by atoms with Crippen molar-refractivity contribution in [2.75, 3.05) is 13.1 Å². The highest BCUT2D eigenvalue weighted by atomic mass is 16.4. The summed E-state index contributed by atoms with van der Waals surface area (Å²) in [6.07, 6.45) is 0.891. The maximum absolute atomic E-state index is 11.9. The standard InChI is InChI=1S/C18H25N3O2/c1-4-19-13(2)12-20-16(22)10-11-17-21-14(3)18(23-17)15-8-6-5-7-9-15/h5-9,13,19H,4,10-12H2,1-3H3,(H,20,22)/t13-/m1/s1. The molecule has 2 rings (SSSR count). The molecule has 1 aromatic heterocycles. The number of aromatic nitrogens is 1. The number of aryl methyl sites for hydroxylation is 2. The average molecular weight is 315 g/mol. The second kappa shape index (κ2) is 8.48. The van der Waals surface area contributed by atoms with Gasteiger partial charge in [0.2, 0.25) is 5.91 Å². The molecule has 0 radical (unpaired) electrons. The summed E-state index contributed by atoms with van der Waals surface area (Å²) in [5, 5.41) is 6.18. The maximum atomic E-state index is 11.9. The van der Waals surface area contributed by atoms with Crippen molar-refractivity contribution < 1.29 is 9.21 Å². The molecule has 0 bridgehead atoms. The molecule has 5 heteroatoms. The SMILES string of the molecule is CCN[C@H](C)CNC(=O)CCc1nc(C)c(-c2ccccc2)o1. The van der Waals surface area contributed by atoms with Crippen molar-refractivity contribution in [3.8, 4) is 11.3 Å². The molecule has 0 saturated heterocycles. The summed E-state index contributed by atoms with van der Waals surface area (Å²) in [5.41, 5.74) is 1.86. The third-order valence-electron chi connectivity index (χ3n) is 3.60. The predicted molar refractivity (Wildman–Crippen MR) is 91.1 cm³/mol. The van der Waals surface area contributed by atoms with Crippen LogP contribution in [0.1, 0.15) is 31.9 Å². The molecule has 0 fully saturated rings. The zero-order valence-electron chi connectivity index (χ0n) is 14.1. The molecule has 2 N–H and O–H groups in total. The molecule has 0 saturated carbocycles. The highest BCUT2D eigenvalue weighted by Crippen LogP contribution is 2.24. The minimum Gasteiger partial charge on any atom is -0.440 e. The summed E-state index contributed by atoms with van der Waals surface area (Å²) < 4.78 is 5.81. The Balaban J connectivity index is 1.86. The fourth-order valence-electron chi connectivity index (χ4n) is 2.41. The Kier molecular flexibility index (Phi) is 6.35. The Hall–Kier alpha value is -2.14. The summed E-state index contributed by atoms with van der Waals surface area (Å²) in [6, 6.07) is 10.2. The average Bonchev–Trinajstić information content (AvgIpc) is 2.93. The summed E-state index contributed by atoms with van der Waals surface area (Å²) in [4.78, 5) is 16.3. The lowest BCUT2D eigenvalue weighted by Gasteiger charge is -2.12. The Bertz CT molecular complexity index is 622. The van der Waals surface area contributed by atoms with Crippen LogP contribution in [0.3, 0.4) is 0 Å². The van der Waals surface area contributed by atoms with Gasteiger partial charge in [-0.1, -0.05) is 37.3 Å². The van der Waals surface area contributed by atoms with Crippen LogP contribution in [-0.4, -0.2) is 30.0 Å². The van der Waals surface area contributed by atoms with E-state index in [-0.39, 0.29) is 11.9 Å². The van der Waals surface area contributed by atoms with Crippen LogP contribution in [0.2, 0.25) is 0 Å². The quantitative estimate of drug-likeness (QED) is 0.786. The predicted octanol–water partition coefficient (Wildman–Crippen LogP) is 2.70. The minimum atomic E-state index is 0.0202. The topological polar surface area (TPSA) is 67.2 Å². The van der Waals surface area contributed by atoms with Gasteiger partial charge < -0.3 is 15.1 Å². The summed E-state index contributed by atoms with van der Waals surface area (Å²) in [7, 11) is 0. The molecule has 5 nitrogen and oxygen atoms in total. The molecular formula is C18H25N3O2. The Morgan fingerprint density at radius 1 is 1.30 bits per heavy atom. The highest BCUT2D eigenvalue weighted by molar-refractivity contribution is 5.76. The van der Waals surface area contributed by atoms with Gasteiger partial charge in [0.1, 0.15) is 0 Å². The zero-order valence-corrected chi connectivity index (χ0v) is 14.1. The van der Waals surface area contributed by atoms with Gasteiger partial charge in [0.15, 0.2) is 11.7 Å². The molecule has 1 amide bonds. The van der Waals surface area contributed by atoms with E-state index in [0.29, 0.717) is 25.3 Å². The van der Waals surface area contributed by atoms with Gasteiger partial charge in [0.05, 0.1) is 5.69 Å². The smallest absolute Gasteiger partial charge is 0.220 e. The second-order valence-electron chi connectivity index (χ2n) is 5.65. The Morgan fingerprint density at radius 3 is 2.74 bits per heavy atom. The third kappa shape index (κ3) is 5.21. The number of benzene rings is 1. The van der Waals surface area contributed by atoms with Crippen molar-refractivity contribution in [3.05, 3.63) is 41.9 Å². The van der Waals surface area contributed by atoms with Crippen molar-refractivity contribution in [1.29, 1.82) is 0 Å². The lowest BCUT2D eigenvalue weighted by atomic mass is 10.1. The number of carbonyl (C=O) groups excluding carboxylic acids is 1. The number of nitrogens with zero attached hydrogens (tertiary/aromatic N) is 1. The molecule has 0 aliphatic rings. The van der Waals surface area contributed by atoms with Gasteiger partial charge in [-0.05, 0) is 20.4 Å². The number of likely N-dealkylation sites (N-methyl/N-ethyl adjacent to an activating group) is 1. The molecule has 1 heterocycles. The minimum absolute atomic E-state index is 0.0202. The summed E-state index contributed by atoms with van der Waals surface area (Å²) in [5.74, 6) is 1.41. The van der Waals surface area contributed by atoms with E-state index in [2.05, 4.69) is 15.6 Å². The second-order valence-corrected chi connectivity index (χ2v) is 5.65. The van der Waals surface area contributed by atoms with Crippen molar-refractivity contribution in [2.45, 2.75) is 39.7 Å². The van der Waals surface area contributed by atoms with E-state index in [1.54, 1.807) is 0 Å². The van der Waals surface area contributed by atoms with E-state index < -0.39 is 0 Å². The van der Waals surface area contributed by atoms with Crippen molar-refractivity contribution in [2.24, 2.45) is 0 Å². The third-order valence-corrected chi connectivity index (χ3v) is 3.60. The van der Waals surface area contributed by atoms with Crippen LogP contribution in [0, 0.1) is 6.92 Å². The van der Waals surface area contributed by atoms with Gasteiger partial charge in [0.25, 0.3) is 0 Å². The van der Waals surface area contributed by atoms with Gasteiger partial charge in [-0.3, -0.25) is 4.79 Å². The van der Waals surface area contributed by atoms with Crippen molar-refractivity contribution in [3.63, 3.8) is 0 Å². The fraction of sp³-hybridized carbons (Fsp3) is 0.444. The number of hydrogen-bond donors (Lipinski definition) is 2. The number of oxazole rings is 1. The van der Waals surface area contributed by atoms with Gasteiger partial charge in [0, 0.05) is 31.0 Å². The highest BCUT2D eigenvalue weighted by Gasteiger charge is 2.13. The molecule has 23 heavy (non-hydrogen) atoms. The zero-order chi connectivity index (χ0) is 16.7. The van der Waals surface area contributed by atoms with Crippen LogP contribution in [0.25, 0.3) is 11.3 Å². The van der Waals surface area contributed by atoms with Crippen LogP contribution in [-0.2, 0) is 11.2 Å². The number of hydrogen-bond acceptors (Lipinski definition) is 4. The maximum Gasteiger partial charge on any atom is 0.220 e. The van der Waals surface area contributed by atoms with E-state index in [4.69, 9.17) is 4.42 Å². The van der Waals surface area contributed by atoms with Gasteiger partial charge in [-0.15, -0.1) is 0 Å². The van der Waals surface area contributed by atoms with Crippen molar-refractivity contribution in [1.82, 2.24) is 15.6 Å². The van der Waals surface area contributed by atoms with E-state index in [9.17, 15) is 4.79 Å². The van der Waals surface area contributed by atoms with Gasteiger partial charge in [-0.25, -0.2) is 4.98 Å². The normalized spacial score (nSPS) is 12.1. The van der Waals surface area contributed by atoms with Crippen LogP contribution in [0.15, 0.2) is 34.7 Å². The molecule has 124 valence electrons. The molecule has 0 aliphatic carbocycles. The van der Waals surface area contributed by atoms with Gasteiger partial charge in [-0.2, -0.15) is 0 Å². The molecule has 2 aromatic rings. The number of nitrogens with one attached hydrogen (secondary N) is 2. The van der Waals surface area contributed by atoms with E-state index in [0.717, 1.165) is 23.6 Å². The van der Waals surface area contributed by atoms with Crippen LogP contribution in [0.4, 0.5) is 0 Å². The Labute approximate surface area is 137 Å². The fourth-order valence-corrected chi connectivity index (χ4v) is 2.41. The van der Waals surface area contributed by atoms with Crippen molar-refractivity contribution >= 4 is 5.91 Å². The molecule has 0 aliphatic heterocycles. The van der Waals surface area contributed by atoms with Crippen LogP contribution in [0.5, 0.6) is 0 Å². The van der Waals surface area contributed by atoms with Crippen LogP contribution < -0.4 is 10.6 Å². The van der Waals surface area contributed by atoms with Crippen LogP contribution >= 0.6 is 0 Å². The first kappa shape index (κ1) is 17.2. The molecule has 0 unspecified atom stereocenters. The molecular weight excluding hydrogens is 290 g/mol. The largest absolute Gasteiger partial charge is 0.440 e. The summed E-state index contributed by atoms with van der Waals surface area (Å²) >= 11 is 0. The Morgan fingerprint density at radius 2 is 2.04 bits per heavy atom. The van der Waals surface area contributed by atoms with E-state index in [1.807, 2.05) is 51.1 Å². The molecule has 0 spiro atoms. The first-order chi connectivity index (χ1) is 11.1. The number of carbonyl (C=O) groups is 1. The lowest BCUT2D eigenvalue weighted by molar-refractivity contribution is -0.121. The van der Waals surface area contributed by atoms with E-state index >= 15 is 0 Å². The van der Waals surface area contributed by atoms with Gasteiger partial charge >= 0.3 is 0 Å². The lowest BCUT2D eigenvalue weighted by Crippen LogP contribution is -2.38. The monoisotopic (exact) mass is 315 g/mol. The summed E-state index contributed by atoms with van der Waals surface area (Å²) in [6.45, 7) is 7.55. The number of rotatable bonds is 8. The van der Waals surface area contributed by atoms with E-state index in [1.165, 1.54) is 0 Å². The first-order valence-electron chi connectivity index (χ1n) is 8.12. The molecule has 1 atom stereocenters. The number of amides is 1. The molecule has 1 aromatic carbocycles.